The highest BCUT2D eigenvalue weighted by atomic mass is 16.5. The van der Waals surface area contributed by atoms with Gasteiger partial charge in [-0.1, -0.05) is 27.7 Å². The van der Waals surface area contributed by atoms with E-state index >= 15 is 0 Å². The molecule has 112 valence electrons. The number of rotatable bonds is 5. The summed E-state index contributed by atoms with van der Waals surface area (Å²) in [7, 11) is 0. The Bertz CT molecular complexity index is 292. The average molecular weight is 268 g/mol. The SMILES string of the molecule is CCOC1CC(N2CC(CC)NCC2CC)C1(C)C. The molecule has 4 atom stereocenters. The van der Waals surface area contributed by atoms with E-state index in [4.69, 9.17) is 4.74 Å². The molecular weight excluding hydrogens is 236 g/mol. The summed E-state index contributed by atoms with van der Waals surface area (Å²) in [6.07, 6.45) is 4.15. The maximum atomic E-state index is 5.89. The Kier molecular flexibility index (Phi) is 4.91. The van der Waals surface area contributed by atoms with Crippen LogP contribution in [0.3, 0.4) is 0 Å². The fourth-order valence-corrected chi connectivity index (χ4v) is 3.83. The number of nitrogens with one attached hydrogen (secondary N) is 1. The van der Waals surface area contributed by atoms with E-state index in [2.05, 4.69) is 44.8 Å². The van der Waals surface area contributed by atoms with E-state index in [1.165, 1.54) is 25.8 Å². The molecule has 1 saturated carbocycles. The fraction of sp³-hybridized carbons (Fsp3) is 1.00. The lowest BCUT2D eigenvalue weighted by Crippen LogP contribution is -2.69. The zero-order chi connectivity index (χ0) is 14.0. The van der Waals surface area contributed by atoms with Crippen molar-refractivity contribution in [2.75, 3.05) is 19.7 Å². The van der Waals surface area contributed by atoms with Gasteiger partial charge in [0.25, 0.3) is 0 Å². The Balaban J connectivity index is 2.03. The molecule has 0 amide bonds. The first kappa shape index (κ1) is 15.3. The standard InChI is InChI=1S/C16H32N2O/c1-6-12-11-18(13(7-2)10-17-12)14-9-15(19-8-3)16(14,4)5/h12-15,17H,6-11H2,1-5H3. The van der Waals surface area contributed by atoms with E-state index in [0.29, 0.717) is 29.6 Å². The zero-order valence-electron chi connectivity index (χ0n) is 13.4. The van der Waals surface area contributed by atoms with E-state index in [-0.39, 0.29) is 0 Å². The normalized spacial score (nSPS) is 39.0. The third-order valence-corrected chi connectivity index (χ3v) is 5.40. The minimum Gasteiger partial charge on any atom is -0.378 e. The van der Waals surface area contributed by atoms with Gasteiger partial charge >= 0.3 is 0 Å². The summed E-state index contributed by atoms with van der Waals surface area (Å²) in [6.45, 7) is 14.7. The minimum absolute atomic E-state index is 0.305. The number of hydrogen-bond donors (Lipinski definition) is 1. The van der Waals surface area contributed by atoms with Crippen molar-refractivity contribution in [3.63, 3.8) is 0 Å². The summed E-state index contributed by atoms with van der Waals surface area (Å²) in [5, 5.41) is 3.69. The summed E-state index contributed by atoms with van der Waals surface area (Å²) in [5.74, 6) is 0. The monoisotopic (exact) mass is 268 g/mol. The van der Waals surface area contributed by atoms with Crippen LogP contribution in [0.4, 0.5) is 0 Å². The lowest BCUT2D eigenvalue weighted by Gasteiger charge is -2.59. The number of nitrogens with zero attached hydrogens (tertiary/aromatic N) is 1. The van der Waals surface area contributed by atoms with Crippen LogP contribution in [-0.2, 0) is 4.74 Å². The van der Waals surface area contributed by atoms with Crippen molar-refractivity contribution >= 4 is 0 Å². The zero-order valence-corrected chi connectivity index (χ0v) is 13.4. The molecule has 0 bridgehead atoms. The fourth-order valence-electron chi connectivity index (χ4n) is 3.83. The van der Waals surface area contributed by atoms with Crippen LogP contribution in [0.1, 0.15) is 53.9 Å². The lowest BCUT2D eigenvalue weighted by molar-refractivity contribution is -0.163. The van der Waals surface area contributed by atoms with Crippen LogP contribution in [-0.4, -0.2) is 48.8 Å². The van der Waals surface area contributed by atoms with Crippen LogP contribution >= 0.6 is 0 Å². The average Bonchev–Trinajstić information content (AvgIpc) is 2.42. The predicted molar refractivity (Wildman–Crippen MR) is 80.5 cm³/mol. The third-order valence-electron chi connectivity index (χ3n) is 5.40. The van der Waals surface area contributed by atoms with Crippen molar-refractivity contribution in [3.05, 3.63) is 0 Å². The molecule has 3 heteroatoms. The Labute approximate surface area is 119 Å². The van der Waals surface area contributed by atoms with Gasteiger partial charge in [0.1, 0.15) is 0 Å². The molecule has 0 aromatic rings. The summed E-state index contributed by atoms with van der Waals surface area (Å²) in [4.78, 5) is 2.78. The van der Waals surface area contributed by atoms with Gasteiger partial charge in [-0.2, -0.15) is 0 Å². The second kappa shape index (κ2) is 6.11. The predicted octanol–water partition coefficient (Wildman–Crippen LogP) is 2.65. The summed E-state index contributed by atoms with van der Waals surface area (Å²) >= 11 is 0. The maximum Gasteiger partial charge on any atom is 0.0655 e. The largest absolute Gasteiger partial charge is 0.378 e. The van der Waals surface area contributed by atoms with Gasteiger partial charge in [-0.3, -0.25) is 4.90 Å². The van der Waals surface area contributed by atoms with Gasteiger partial charge in [-0.25, -0.2) is 0 Å². The molecule has 19 heavy (non-hydrogen) atoms. The van der Waals surface area contributed by atoms with Crippen LogP contribution in [0.5, 0.6) is 0 Å². The van der Waals surface area contributed by atoms with Gasteiger partial charge in [-0.05, 0) is 26.2 Å². The molecule has 1 N–H and O–H groups in total. The topological polar surface area (TPSA) is 24.5 Å². The Morgan fingerprint density at radius 3 is 2.47 bits per heavy atom. The van der Waals surface area contributed by atoms with Crippen LogP contribution in [0.25, 0.3) is 0 Å². The number of ether oxygens (including phenoxy) is 1. The first-order valence-electron chi connectivity index (χ1n) is 8.15. The number of hydrogen-bond acceptors (Lipinski definition) is 3. The molecule has 3 nitrogen and oxygen atoms in total. The van der Waals surface area contributed by atoms with Crippen molar-refractivity contribution in [3.8, 4) is 0 Å². The minimum atomic E-state index is 0.305. The van der Waals surface area contributed by atoms with Crippen LogP contribution in [0.15, 0.2) is 0 Å². The second-order valence-electron chi connectivity index (χ2n) is 6.79. The van der Waals surface area contributed by atoms with Gasteiger partial charge in [0, 0.05) is 43.2 Å². The first-order valence-corrected chi connectivity index (χ1v) is 8.15. The second-order valence-corrected chi connectivity index (χ2v) is 6.79. The molecular formula is C16H32N2O. The number of piperazine rings is 1. The Morgan fingerprint density at radius 2 is 1.95 bits per heavy atom. The quantitative estimate of drug-likeness (QED) is 0.829. The molecule has 2 rings (SSSR count). The van der Waals surface area contributed by atoms with E-state index in [1.807, 2.05) is 0 Å². The molecule has 2 aliphatic rings. The van der Waals surface area contributed by atoms with E-state index < -0.39 is 0 Å². The molecule has 0 radical (unpaired) electrons. The molecule has 1 aliphatic heterocycles. The summed E-state index contributed by atoms with van der Waals surface area (Å²) in [5.41, 5.74) is 0.305. The highest BCUT2D eigenvalue weighted by Crippen LogP contribution is 2.47. The Hall–Kier alpha value is -0.120. The molecule has 0 aromatic heterocycles. The van der Waals surface area contributed by atoms with Gasteiger partial charge in [-0.15, -0.1) is 0 Å². The van der Waals surface area contributed by atoms with Crippen molar-refractivity contribution in [1.29, 1.82) is 0 Å². The highest BCUT2D eigenvalue weighted by molar-refractivity contribution is 5.06. The lowest BCUT2D eigenvalue weighted by atomic mass is 9.63. The smallest absolute Gasteiger partial charge is 0.0655 e. The van der Waals surface area contributed by atoms with E-state index in [1.54, 1.807) is 0 Å². The summed E-state index contributed by atoms with van der Waals surface area (Å²) < 4.78 is 5.89. The summed E-state index contributed by atoms with van der Waals surface area (Å²) in [6, 6.07) is 2.07. The van der Waals surface area contributed by atoms with Gasteiger partial charge in [0.2, 0.25) is 0 Å². The van der Waals surface area contributed by atoms with Gasteiger partial charge in [0.15, 0.2) is 0 Å². The third kappa shape index (κ3) is 2.84. The highest BCUT2D eigenvalue weighted by Gasteiger charge is 2.53. The van der Waals surface area contributed by atoms with E-state index in [0.717, 1.165) is 13.2 Å². The van der Waals surface area contributed by atoms with Crippen molar-refractivity contribution < 1.29 is 4.74 Å². The van der Waals surface area contributed by atoms with Crippen molar-refractivity contribution in [1.82, 2.24) is 10.2 Å². The molecule has 1 saturated heterocycles. The molecule has 0 aromatic carbocycles. The molecule has 0 spiro atoms. The van der Waals surface area contributed by atoms with Gasteiger partial charge < -0.3 is 10.1 Å². The van der Waals surface area contributed by atoms with Crippen LogP contribution in [0.2, 0.25) is 0 Å². The van der Waals surface area contributed by atoms with Crippen molar-refractivity contribution in [2.24, 2.45) is 5.41 Å². The van der Waals surface area contributed by atoms with E-state index in [9.17, 15) is 0 Å². The molecule has 4 unspecified atom stereocenters. The van der Waals surface area contributed by atoms with Gasteiger partial charge in [0.05, 0.1) is 6.10 Å². The van der Waals surface area contributed by atoms with Crippen LogP contribution in [0, 0.1) is 5.41 Å². The van der Waals surface area contributed by atoms with Crippen LogP contribution < -0.4 is 5.32 Å². The molecule has 1 heterocycles. The molecule has 2 fully saturated rings. The first-order chi connectivity index (χ1) is 9.04. The molecule has 1 aliphatic carbocycles. The van der Waals surface area contributed by atoms with Crippen molar-refractivity contribution in [2.45, 2.75) is 78.1 Å². The Morgan fingerprint density at radius 1 is 1.21 bits per heavy atom. The maximum absolute atomic E-state index is 5.89.